The largest absolute Gasteiger partial charge is 0.493 e. The van der Waals surface area contributed by atoms with Crippen molar-refractivity contribution >= 4 is 26.7 Å². The summed E-state index contributed by atoms with van der Waals surface area (Å²) in [6.45, 7) is -1.34. The van der Waals surface area contributed by atoms with Crippen LogP contribution in [-0.4, -0.2) is 36.9 Å². The third kappa shape index (κ3) is 3.77. The lowest BCUT2D eigenvalue weighted by molar-refractivity contribution is -0.0511. The highest BCUT2D eigenvalue weighted by Crippen LogP contribution is 2.32. The van der Waals surface area contributed by atoms with Gasteiger partial charge in [-0.2, -0.15) is 13.9 Å². The molecule has 2 aromatic heterocycles. The van der Waals surface area contributed by atoms with Crippen LogP contribution in [0.1, 0.15) is 5.69 Å². The maximum atomic E-state index is 12.7. The maximum Gasteiger partial charge on any atom is 0.387 e. The van der Waals surface area contributed by atoms with E-state index in [0.717, 1.165) is 6.07 Å². The first kappa shape index (κ1) is 18.8. The molecule has 0 aliphatic rings. The lowest BCUT2D eigenvalue weighted by Gasteiger charge is -2.13. The number of anilines is 1. The van der Waals surface area contributed by atoms with Crippen LogP contribution in [0.25, 0.3) is 11.0 Å². The Morgan fingerprint density at radius 1 is 1.22 bits per heavy atom. The minimum Gasteiger partial charge on any atom is -0.493 e. The van der Waals surface area contributed by atoms with E-state index in [9.17, 15) is 17.2 Å². The minimum absolute atomic E-state index is 0.0365. The number of aryl methyl sites for hydroxylation is 2. The number of sulfonamides is 1. The molecule has 0 saturated carbocycles. The van der Waals surface area contributed by atoms with Crippen molar-refractivity contribution in [2.45, 2.75) is 18.4 Å². The standard InChI is InChI=1S/C16H16F2N4O4S/c1-9-12-7-11(8-19-15(12)22(2)20-9)27(23,24)21-10-4-5-13(25-3)14(6-10)26-16(17)18/h4-8,16,21H,1-3H3. The lowest BCUT2D eigenvalue weighted by atomic mass is 10.3. The smallest absolute Gasteiger partial charge is 0.387 e. The molecule has 0 spiro atoms. The Balaban J connectivity index is 1.95. The molecule has 144 valence electrons. The van der Waals surface area contributed by atoms with E-state index in [1.54, 1.807) is 18.7 Å². The van der Waals surface area contributed by atoms with Crippen LogP contribution >= 0.6 is 0 Å². The summed E-state index contributed by atoms with van der Waals surface area (Å²) in [6.07, 6.45) is 1.20. The number of hydrogen-bond donors (Lipinski definition) is 1. The quantitative estimate of drug-likeness (QED) is 0.686. The zero-order valence-electron chi connectivity index (χ0n) is 14.6. The van der Waals surface area contributed by atoms with Crippen molar-refractivity contribution in [3.63, 3.8) is 0 Å². The third-order valence-electron chi connectivity index (χ3n) is 3.78. The Hall–Kier alpha value is -2.95. The van der Waals surface area contributed by atoms with Crippen molar-refractivity contribution in [1.82, 2.24) is 14.8 Å². The molecule has 1 aromatic carbocycles. The van der Waals surface area contributed by atoms with Crippen LogP contribution in [0.15, 0.2) is 35.4 Å². The number of fused-ring (bicyclic) bond motifs is 1. The summed E-state index contributed by atoms with van der Waals surface area (Å²) < 4.78 is 63.5. The van der Waals surface area contributed by atoms with Gasteiger partial charge in [0.1, 0.15) is 4.90 Å². The van der Waals surface area contributed by atoms with Crippen molar-refractivity contribution < 1.29 is 26.7 Å². The fourth-order valence-corrected chi connectivity index (χ4v) is 3.60. The summed E-state index contributed by atoms with van der Waals surface area (Å²) in [5, 5.41) is 4.79. The van der Waals surface area contributed by atoms with Gasteiger partial charge in [0.05, 0.1) is 18.5 Å². The zero-order valence-corrected chi connectivity index (χ0v) is 15.4. The van der Waals surface area contributed by atoms with Gasteiger partial charge in [-0.3, -0.25) is 9.40 Å². The second kappa shape index (κ2) is 6.99. The molecule has 0 radical (unpaired) electrons. The van der Waals surface area contributed by atoms with E-state index in [4.69, 9.17) is 4.74 Å². The topological polar surface area (TPSA) is 95.3 Å². The molecule has 3 rings (SSSR count). The van der Waals surface area contributed by atoms with Crippen LogP contribution in [-0.2, 0) is 17.1 Å². The summed E-state index contributed by atoms with van der Waals surface area (Å²) in [5.41, 5.74) is 1.21. The summed E-state index contributed by atoms with van der Waals surface area (Å²) in [7, 11) is -1.02. The average Bonchev–Trinajstić information content (AvgIpc) is 2.88. The predicted molar refractivity (Wildman–Crippen MR) is 93.7 cm³/mol. The van der Waals surface area contributed by atoms with Crippen LogP contribution in [0.4, 0.5) is 14.5 Å². The fraction of sp³-hybridized carbons (Fsp3) is 0.250. The molecule has 0 fully saturated rings. The molecule has 0 atom stereocenters. The van der Waals surface area contributed by atoms with Gasteiger partial charge in [-0.25, -0.2) is 13.4 Å². The van der Waals surface area contributed by atoms with E-state index in [2.05, 4.69) is 19.5 Å². The third-order valence-corrected chi connectivity index (χ3v) is 5.13. The molecule has 0 unspecified atom stereocenters. The van der Waals surface area contributed by atoms with E-state index < -0.39 is 16.6 Å². The van der Waals surface area contributed by atoms with Crippen LogP contribution in [0, 0.1) is 6.92 Å². The molecule has 11 heteroatoms. The molecule has 0 bridgehead atoms. The highest BCUT2D eigenvalue weighted by molar-refractivity contribution is 7.92. The van der Waals surface area contributed by atoms with Gasteiger partial charge in [0, 0.05) is 24.7 Å². The number of benzene rings is 1. The van der Waals surface area contributed by atoms with E-state index in [1.165, 1.54) is 31.5 Å². The van der Waals surface area contributed by atoms with Gasteiger partial charge in [0.2, 0.25) is 0 Å². The van der Waals surface area contributed by atoms with Crippen molar-refractivity contribution in [3.8, 4) is 11.5 Å². The van der Waals surface area contributed by atoms with Gasteiger partial charge in [-0.1, -0.05) is 0 Å². The number of alkyl halides is 2. The van der Waals surface area contributed by atoms with E-state index in [1.807, 2.05) is 0 Å². The van der Waals surface area contributed by atoms with Gasteiger partial charge in [0.25, 0.3) is 10.0 Å². The maximum absolute atomic E-state index is 12.7. The van der Waals surface area contributed by atoms with Gasteiger partial charge in [0.15, 0.2) is 17.1 Å². The monoisotopic (exact) mass is 398 g/mol. The highest BCUT2D eigenvalue weighted by atomic mass is 32.2. The first-order valence-electron chi connectivity index (χ1n) is 7.66. The first-order valence-corrected chi connectivity index (χ1v) is 9.14. The Labute approximate surface area is 153 Å². The molecule has 8 nitrogen and oxygen atoms in total. The predicted octanol–water partition coefficient (Wildman–Crippen LogP) is 2.69. The molecule has 0 aliphatic carbocycles. The van der Waals surface area contributed by atoms with E-state index in [0.29, 0.717) is 16.7 Å². The number of pyridine rings is 1. The second-order valence-corrected chi connectivity index (χ2v) is 7.28. The van der Waals surface area contributed by atoms with Crippen LogP contribution in [0.5, 0.6) is 11.5 Å². The first-order chi connectivity index (χ1) is 12.7. The molecule has 0 saturated heterocycles. The van der Waals surface area contributed by atoms with Crippen molar-refractivity contribution in [2.24, 2.45) is 7.05 Å². The number of rotatable bonds is 6. The molecule has 1 N–H and O–H groups in total. The number of ether oxygens (including phenoxy) is 2. The molecule has 27 heavy (non-hydrogen) atoms. The zero-order chi connectivity index (χ0) is 19.8. The summed E-state index contributed by atoms with van der Waals surface area (Å²) in [6, 6.07) is 5.26. The van der Waals surface area contributed by atoms with Crippen LogP contribution in [0.3, 0.4) is 0 Å². The van der Waals surface area contributed by atoms with Crippen LogP contribution in [0.2, 0.25) is 0 Å². The van der Waals surface area contributed by atoms with Crippen molar-refractivity contribution in [3.05, 3.63) is 36.2 Å². The molecule has 3 aromatic rings. The van der Waals surface area contributed by atoms with Gasteiger partial charge < -0.3 is 9.47 Å². The van der Waals surface area contributed by atoms with Gasteiger partial charge in [-0.05, 0) is 25.1 Å². The Bertz CT molecular complexity index is 1100. The van der Waals surface area contributed by atoms with Gasteiger partial charge >= 0.3 is 6.61 Å². The SMILES string of the molecule is COc1ccc(NS(=O)(=O)c2cnc3c(c2)c(C)nn3C)cc1OC(F)F. The number of aromatic nitrogens is 3. The number of nitrogens with one attached hydrogen (secondary N) is 1. The Morgan fingerprint density at radius 3 is 2.63 bits per heavy atom. The molecule has 0 amide bonds. The molecular weight excluding hydrogens is 382 g/mol. The van der Waals surface area contributed by atoms with Crippen molar-refractivity contribution in [2.75, 3.05) is 11.8 Å². The van der Waals surface area contributed by atoms with Gasteiger partial charge in [-0.15, -0.1) is 0 Å². The molecular formula is C16H16F2N4O4S. The van der Waals surface area contributed by atoms with Crippen molar-refractivity contribution in [1.29, 1.82) is 0 Å². The minimum atomic E-state index is -4.01. The average molecular weight is 398 g/mol. The summed E-state index contributed by atoms with van der Waals surface area (Å²) in [5.74, 6) is -0.239. The number of hydrogen-bond acceptors (Lipinski definition) is 6. The summed E-state index contributed by atoms with van der Waals surface area (Å²) >= 11 is 0. The lowest BCUT2D eigenvalue weighted by Crippen LogP contribution is -2.14. The fourth-order valence-electron chi connectivity index (χ4n) is 2.58. The Morgan fingerprint density at radius 2 is 1.96 bits per heavy atom. The second-order valence-electron chi connectivity index (χ2n) is 5.60. The Kier molecular flexibility index (Phi) is 4.87. The van der Waals surface area contributed by atoms with Crippen LogP contribution < -0.4 is 14.2 Å². The van der Waals surface area contributed by atoms with E-state index in [-0.39, 0.29) is 22.1 Å². The molecule has 2 heterocycles. The number of nitrogens with zero attached hydrogens (tertiary/aromatic N) is 3. The number of halogens is 2. The normalized spacial score (nSPS) is 11.8. The summed E-state index contributed by atoms with van der Waals surface area (Å²) in [4.78, 5) is 4.05. The van der Waals surface area contributed by atoms with E-state index >= 15 is 0 Å². The molecule has 0 aliphatic heterocycles. The number of methoxy groups -OCH3 is 1. The highest BCUT2D eigenvalue weighted by Gasteiger charge is 2.19.